The standard InChI is InChI=1S/C22H20S2/c1-2-17-23-22(24-21-11-7-4-8-12-21)20-15-13-19(14-16-20)18-9-5-3-6-10-18/h2-16,22H,1,17H2. The summed E-state index contributed by atoms with van der Waals surface area (Å²) >= 11 is 3.81. The Morgan fingerprint density at radius 1 is 0.750 bits per heavy atom. The molecule has 0 radical (unpaired) electrons. The minimum absolute atomic E-state index is 0.371. The van der Waals surface area contributed by atoms with Crippen molar-refractivity contribution >= 4 is 23.5 Å². The molecule has 3 aromatic rings. The predicted octanol–water partition coefficient (Wildman–Crippen LogP) is 7.06. The molecular weight excluding hydrogens is 328 g/mol. The van der Waals surface area contributed by atoms with Crippen molar-refractivity contribution in [1.82, 2.24) is 0 Å². The summed E-state index contributed by atoms with van der Waals surface area (Å²) in [5.41, 5.74) is 3.86. The fraction of sp³-hybridized carbons (Fsp3) is 0.0909. The molecule has 0 saturated heterocycles. The van der Waals surface area contributed by atoms with Gasteiger partial charge >= 0.3 is 0 Å². The number of hydrogen-bond acceptors (Lipinski definition) is 2. The molecule has 0 bridgehead atoms. The van der Waals surface area contributed by atoms with E-state index in [1.54, 1.807) is 0 Å². The molecule has 0 amide bonds. The molecule has 1 atom stereocenters. The summed E-state index contributed by atoms with van der Waals surface area (Å²) in [6.45, 7) is 3.86. The van der Waals surface area contributed by atoms with E-state index in [1.807, 2.05) is 29.6 Å². The van der Waals surface area contributed by atoms with Crippen LogP contribution in [-0.2, 0) is 0 Å². The minimum atomic E-state index is 0.371. The molecule has 0 aliphatic rings. The molecule has 2 heteroatoms. The van der Waals surface area contributed by atoms with Crippen LogP contribution in [-0.4, -0.2) is 5.75 Å². The molecule has 0 nitrogen and oxygen atoms in total. The average molecular weight is 349 g/mol. The van der Waals surface area contributed by atoms with Crippen LogP contribution in [0.5, 0.6) is 0 Å². The Morgan fingerprint density at radius 3 is 1.96 bits per heavy atom. The summed E-state index contributed by atoms with van der Waals surface area (Å²) in [6, 6.07) is 30.0. The predicted molar refractivity (Wildman–Crippen MR) is 110 cm³/mol. The highest BCUT2D eigenvalue weighted by Crippen LogP contribution is 2.43. The molecule has 0 spiro atoms. The summed E-state index contributed by atoms with van der Waals surface area (Å²) in [5, 5.41) is 0. The Morgan fingerprint density at radius 2 is 1.33 bits per heavy atom. The van der Waals surface area contributed by atoms with Crippen LogP contribution < -0.4 is 0 Å². The fourth-order valence-electron chi connectivity index (χ4n) is 2.44. The molecule has 0 N–H and O–H groups in total. The number of benzene rings is 3. The maximum absolute atomic E-state index is 3.86. The van der Waals surface area contributed by atoms with Gasteiger partial charge in [0.25, 0.3) is 0 Å². The summed E-state index contributed by atoms with van der Waals surface area (Å²) in [5.74, 6) is 0.949. The van der Waals surface area contributed by atoms with Crippen molar-refractivity contribution in [3.63, 3.8) is 0 Å². The number of thioether (sulfide) groups is 2. The van der Waals surface area contributed by atoms with E-state index >= 15 is 0 Å². The molecule has 0 fully saturated rings. The first-order valence-corrected chi connectivity index (χ1v) is 9.89. The lowest BCUT2D eigenvalue weighted by Crippen LogP contribution is -1.91. The van der Waals surface area contributed by atoms with E-state index in [1.165, 1.54) is 21.6 Å². The van der Waals surface area contributed by atoms with Crippen molar-refractivity contribution < 1.29 is 0 Å². The van der Waals surface area contributed by atoms with Gasteiger partial charge in [-0.3, -0.25) is 0 Å². The van der Waals surface area contributed by atoms with Gasteiger partial charge in [-0.1, -0.05) is 78.9 Å². The molecule has 120 valence electrons. The zero-order valence-electron chi connectivity index (χ0n) is 13.5. The first-order valence-electron chi connectivity index (χ1n) is 7.96. The van der Waals surface area contributed by atoms with Crippen molar-refractivity contribution in [2.75, 3.05) is 5.75 Å². The molecule has 3 aromatic carbocycles. The highest BCUT2D eigenvalue weighted by molar-refractivity contribution is 8.16. The summed E-state index contributed by atoms with van der Waals surface area (Å²) in [4.78, 5) is 1.30. The maximum Gasteiger partial charge on any atom is 0.0801 e. The lowest BCUT2D eigenvalue weighted by atomic mass is 10.0. The zero-order valence-corrected chi connectivity index (χ0v) is 15.1. The third-order valence-corrected chi connectivity index (χ3v) is 6.37. The summed E-state index contributed by atoms with van der Waals surface area (Å²) in [6.07, 6.45) is 1.97. The molecule has 0 saturated carbocycles. The van der Waals surface area contributed by atoms with Gasteiger partial charge in [-0.05, 0) is 28.8 Å². The van der Waals surface area contributed by atoms with Gasteiger partial charge in [0.1, 0.15) is 0 Å². The maximum atomic E-state index is 3.86. The Kier molecular flexibility index (Phi) is 6.22. The van der Waals surface area contributed by atoms with Crippen molar-refractivity contribution in [3.8, 4) is 11.1 Å². The topological polar surface area (TPSA) is 0 Å². The van der Waals surface area contributed by atoms with Crippen molar-refractivity contribution in [2.45, 2.75) is 9.48 Å². The average Bonchev–Trinajstić information content (AvgIpc) is 2.67. The minimum Gasteiger partial charge on any atom is -0.138 e. The third-order valence-electron chi connectivity index (χ3n) is 3.64. The molecule has 0 heterocycles. The smallest absolute Gasteiger partial charge is 0.0801 e. The Bertz CT molecular complexity index is 749. The summed E-state index contributed by atoms with van der Waals surface area (Å²) in [7, 11) is 0. The molecule has 0 aliphatic heterocycles. The molecule has 24 heavy (non-hydrogen) atoms. The van der Waals surface area contributed by atoms with E-state index in [0.29, 0.717) is 4.58 Å². The highest BCUT2D eigenvalue weighted by atomic mass is 32.2. The van der Waals surface area contributed by atoms with E-state index < -0.39 is 0 Å². The number of rotatable bonds is 7. The van der Waals surface area contributed by atoms with Gasteiger partial charge in [0.15, 0.2) is 0 Å². The van der Waals surface area contributed by atoms with Gasteiger partial charge in [-0.15, -0.1) is 30.1 Å². The van der Waals surface area contributed by atoms with E-state index in [0.717, 1.165) is 5.75 Å². The monoisotopic (exact) mass is 348 g/mol. The van der Waals surface area contributed by atoms with E-state index in [9.17, 15) is 0 Å². The van der Waals surface area contributed by atoms with Gasteiger partial charge in [0, 0.05) is 10.6 Å². The normalized spacial score (nSPS) is 11.8. The number of hydrogen-bond donors (Lipinski definition) is 0. The van der Waals surface area contributed by atoms with Gasteiger partial charge in [-0.25, -0.2) is 0 Å². The third kappa shape index (κ3) is 4.56. The second-order valence-corrected chi connectivity index (χ2v) is 7.99. The van der Waals surface area contributed by atoms with E-state index in [-0.39, 0.29) is 0 Å². The van der Waals surface area contributed by atoms with Crippen LogP contribution in [0.3, 0.4) is 0 Å². The molecule has 0 aromatic heterocycles. The first-order chi connectivity index (χ1) is 11.9. The molecular formula is C22H20S2. The van der Waals surface area contributed by atoms with Crippen molar-refractivity contribution in [1.29, 1.82) is 0 Å². The Balaban J connectivity index is 1.80. The summed E-state index contributed by atoms with van der Waals surface area (Å²) < 4.78 is 0.371. The van der Waals surface area contributed by atoms with Gasteiger partial charge in [0.2, 0.25) is 0 Å². The van der Waals surface area contributed by atoms with Crippen LogP contribution in [0, 0.1) is 0 Å². The lowest BCUT2D eigenvalue weighted by Gasteiger charge is -2.16. The van der Waals surface area contributed by atoms with Crippen LogP contribution in [0.2, 0.25) is 0 Å². The van der Waals surface area contributed by atoms with Crippen LogP contribution in [0.1, 0.15) is 10.1 Å². The second kappa shape index (κ2) is 8.81. The Hall–Kier alpha value is -1.90. The fourth-order valence-corrected chi connectivity index (χ4v) is 4.80. The van der Waals surface area contributed by atoms with Gasteiger partial charge in [-0.2, -0.15) is 0 Å². The second-order valence-electron chi connectivity index (χ2n) is 5.37. The van der Waals surface area contributed by atoms with Crippen LogP contribution in [0.4, 0.5) is 0 Å². The first kappa shape index (κ1) is 16.9. The van der Waals surface area contributed by atoms with E-state index in [4.69, 9.17) is 0 Å². The van der Waals surface area contributed by atoms with Gasteiger partial charge < -0.3 is 0 Å². The Labute approximate surface area is 153 Å². The zero-order chi connectivity index (χ0) is 16.6. The van der Waals surface area contributed by atoms with Crippen molar-refractivity contribution in [3.05, 3.63) is 103 Å². The van der Waals surface area contributed by atoms with Crippen LogP contribution in [0.25, 0.3) is 11.1 Å². The SMILES string of the molecule is C=CCSC(Sc1ccccc1)c1ccc(-c2ccccc2)cc1. The molecule has 3 rings (SSSR count). The largest absolute Gasteiger partial charge is 0.138 e. The van der Waals surface area contributed by atoms with Crippen LogP contribution in [0.15, 0.2) is 102 Å². The molecule has 0 aliphatic carbocycles. The lowest BCUT2D eigenvalue weighted by molar-refractivity contribution is 1.35. The quantitative estimate of drug-likeness (QED) is 0.254. The highest BCUT2D eigenvalue weighted by Gasteiger charge is 2.13. The molecule has 1 unspecified atom stereocenters. The van der Waals surface area contributed by atoms with Crippen molar-refractivity contribution in [2.24, 2.45) is 0 Å². The van der Waals surface area contributed by atoms with Crippen LogP contribution >= 0.6 is 23.5 Å². The van der Waals surface area contributed by atoms with Gasteiger partial charge in [0.05, 0.1) is 4.58 Å². The van der Waals surface area contributed by atoms with E-state index in [2.05, 4.69) is 91.5 Å².